The molecular formula is C27H42ClN3O3S. The van der Waals surface area contributed by atoms with Crippen LogP contribution in [0.4, 0.5) is 0 Å². The van der Waals surface area contributed by atoms with Gasteiger partial charge in [-0.3, -0.25) is 18.7 Å². The molecule has 1 saturated carbocycles. The zero-order valence-corrected chi connectivity index (χ0v) is 22.9. The zero-order chi connectivity index (χ0) is 24.1. The lowest BCUT2D eigenvalue weighted by molar-refractivity contribution is -0.162. The van der Waals surface area contributed by atoms with Crippen LogP contribution in [-0.2, 0) is 26.9 Å². The second kappa shape index (κ2) is 12.7. The van der Waals surface area contributed by atoms with Crippen LogP contribution in [0.3, 0.4) is 0 Å². The molecule has 2 aliphatic heterocycles. The highest BCUT2D eigenvalue weighted by molar-refractivity contribution is 7.84. The van der Waals surface area contributed by atoms with Crippen LogP contribution in [0.5, 0.6) is 0 Å². The maximum atomic E-state index is 13.7. The van der Waals surface area contributed by atoms with Gasteiger partial charge in [-0.15, -0.1) is 12.4 Å². The fourth-order valence-corrected chi connectivity index (χ4v) is 6.57. The summed E-state index contributed by atoms with van der Waals surface area (Å²) < 4.78 is 11.6. The number of nitrogens with one attached hydrogen (secondary N) is 1. The minimum atomic E-state index is -0.967. The van der Waals surface area contributed by atoms with Crippen LogP contribution >= 0.6 is 12.4 Å². The summed E-state index contributed by atoms with van der Waals surface area (Å²) in [6.07, 6.45) is 12.0. The van der Waals surface area contributed by atoms with E-state index in [2.05, 4.69) is 17.1 Å². The summed E-state index contributed by atoms with van der Waals surface area (Å²) in [6, 6.07) is 7.60. The number of piperidine rings is 1. The number of carbonyl (C=O) groups is 2. The largest absolute Gasteiger partial charge is 0.342 e. The van der Waals surface area contributed by atoms with Crippen molar-refractivity contribution in [2.75, 3.05) is 25.9 Å². The second-order valence-corrected chi connectivity index (χ2v) is 11.9. The molecule has 4 rings (SSSR count). The number of nitrogens with zero attached hydrogens (tertiary/aromatic N) is 2. The zero-order valence-electron chi connectivity index (χ0n) is 21.3. The number of halogens is 1. The highest BCUT2D eigenvalue weighted by Gasteiger charge is 2.53. The lowest BCUT2D eigenvalue weighted by Gasteiger charge is -2.52. The van der Waals surface area contributed by atoms with E-state index in [9.17, 15) is 13.8 Å². The molecule has 1 N–H and O–H groups in total. The van der Waals surface area contributed by atoms with Crippen LogP contribution in [0.15, 0.2) is 29.2 Å². The highest BCUT2D eigenvalue weighted by Crippen LogP contribution is 2.36. The normalized spacial score (nSPS) is 24.2. The molecule has 2 heterocycles. The Morgan fingerprint density at radius 1 is 1.06 bits per heavy atom. The summed E-state index contributed by atoms with van der Waals surface area (Å²) in [4.78, 5) is 32.4. The summed E-state index contributed by atoms with van der Waals surface area (Å²) in [5.41, 5.74) is 0.485. The van der Waals surface area contributed by atoms with E-state index in [0.717, 1.165) is 43.8 Å². The van der Waals surface area contributed by atoms with Crippen molar-refractivity contribution >= 4 is 35.0 Å². The fraction of sp³-hybridized carbons (Fsp3) is 0.704. The first-order valence-electron chi connectivity index (χ1n) is 13.2. The Balaban J connectivity index is 0.00000342. The Bertz CT molecular complexity index is 880. The molecule has 3 aliphatic rings. The van der Waals surface area contributed by atoms with Gasteiger partial charge in [0, 0.05) is 48.1 Å². The molecule has 1 aromatic rings. The van der Waals surface area contributed by atoms with Crippen LogP contribution < -0.4 is 5.32 Å². The number of hydrogen-bond acceptors (Lipinski definition) is 4. The number of amides is 2. The molecule has 0 radical (unpaired) electrons. The molecule has 35 heavy (non-hydrogen) atoms. The van der Waals surface area contributed by atoms with Gasteiger partial charge in [0.15, 0.2) is 0 Å². The lowest BCUT2D eigenvalue weighted by atomic mass is 9.79. The highest BCUT2D eigenvalue weighted by atomic mass is 35.5. The third-order valence-electron chi connectivity index (χ3n) is 8.18. The number of benzene rings is 1. The van der Waals surface area contributed by atoms with Gasteiger partial charge < -0.3 is 10.2 Å². The minimum Gasteiger partial charge on any atom is -0.342 e. The van der Waals surface area contributed by atoms with E-state index in [1.165, 1.54) is 37.7 Å². The van der Waals surface area contributed by atoms with Crippen molar-refractivity contribution < 1.29 is 13.8 Å². The van der Waals surface area contributed by atoms with Crippen LogP contribution in [0.2, 0.25) is 0 Å². The van der Waals surface area contributed by atoms with Crippen molar-refractivity contribution in [1.29, 1.82) is 0 Å². The van der Waals surface area contributed by atoms with Gasteiger partial charge >= 0.3 is 0 Å². The Hall–Kier alpha value is -1.44. The molecule has 0 aromatic heterocycles. The molecule has 2 amide bonds. The first kappa shape index (κ1) is 28.1. The van der Waals surface area contributed by atoms with Gasteiger partial charge in [-0.2, -0.15) is 0 Å². The molecule has 2 atom stereocenters. The minimum absolute atomic E-state index is 0. The Morgan fingerprint density at radius 2 is 1.71 bits per heavy atom. The van der Waals surface area contributed by atoms with E-state index in [-0.39, 0.29) is 30.3 Å². The summed E-state index contributed by atoms with van der Waals surface area (Å²) in [7, 11) is -0.967. The van der Waals surface area contributed by atoms with Crippen LogP contribution in [0.1, 0.15) is 76.7 Å². The number of piperazine rings is 1. The van der Waals surface area contributed by atoms with Gasteiger partial charge in [-0.05, 0) is 49.3 Å². The summed E-state index contributed by atoms with van der Waals surface area (Å²) in [6.45, 7) is 5.21. The van der Waals surface area contributed by atoms with Gasteiger partial charge in [0.25, 0.3) is 0 Å². The molecule has 196 valence electrons. The van der Waals surface area contributed by atoms with Gasteiger partial charge in [0.2, 0.25) is 11.8 Å². The third kappa shape index (κ3) is 6.47. The van der Waals surface area contributed by atoms with Crippen LogP contribution in [-0.4, -0.2) is 63.3 Å². The molecule has 2 saturated heterocycles. The third-order valence-corrected chi connectivity index (χ3v) is 9.12. The quantitative estimate of drug-likeness (QED) is 0.552. The monoisotopic (exact) mass is 523 g/mol. The molecule has 1 aromatic carbocycles. The molecule has 1 aliphatic carbocycles. The molecule has 0 bridgehead atoms. The summed E-state index contributed by atoms with van der Waals surface area (Å²) >= 11 is 0. The Kier molecular flexibility index (Phi) is 10.2. The van der Waals surface area contributed by atoms with E-state index in [4.69, 9.17) is 0 Å². The summed E-state index contributed by atoms with van der Waals surface area (Å²) in [5, 5.41) is 3.18. The Labute approximate surface area is 219 Å². The number of unbranched alkanes of at least 4 members (excludes halogenated alkanes) is 1. The van der Waals surface area contributed by atoms with Crippen LogP contribution in [0, 0.1) is 5.92 Å². The van der Waals surface area contributed by atoms with E-state index in [1.54, 1.807) is 6.26 Å². The van der Waals surface area contributed by atoms with Crippen molar-refractivity contribution in [3.63, 3.8) is 0 Å². The average molecular weight is 524 g/mol. The van der Waals surface area contributed by atoms with Crippen LogP contribution in [0.25, 0.3) is 0 Å². The lowest BCUT2D eigenvalue weighted by Crippen LogP contribution is -2.73. The van der Waals surface area contributed by atoms with Crippen molar-refractivity contribution in [2.24, 2.45) is 5.92 Å². The summed E-state index contributed by atoms with van der Waals surface area (Å²) in [5.74, 6) is 0.775. The Morgan fingerprint density at radius 3 is 2.31 bits per heavy atom. The standard InChI is InChI=1S/C27H41N3O3S.ClH/c1-3-4-16-30-25(31)24(19-21-8-6-5-7-9-21)28-26(32)27(30)14-17-29(18-15-27)20-22-10-12-23(13-11-22)34(2)33;/h10-13,21,24H,3-9,14-20H2,1-2H3,(H,28,32);1H/t24-,34?;/m0./s1. The molecule has 1 unspecified atom stereocenters. The maximum Gasteiger partial charge on any atom is 0.246 e. The van der Waals surface area contributed by atoms with Gasteiger partial charge in [0.05, 0.1) is 0 Å². The number of rotatable bonds is 8. The second-order valence-electron chi connectivity index (χ2n) is 10.5. The topological polar surface area (TPSA) is 69.7 Å². The average Bonchev–Trinajstić information content (AvgIpc) is 2.85. The van der Waals surface area contributed by atoms with Gasteiger partial charge in [0.1, 0.15) is 11.6 Å². The number of carbonyl (C=O) groups excluding carboxylic acids is 2. The molecule has 6 nitrogen and oxygen atoms in total. The van der Waals surface area contributed by atoms with Gasteiger partial charge in [-0.1, -0.05) is 57.6 Å². The van der Waals surface area contributed by atoms with Crippen molar-refractivity contribution in [3.8, 4) is 0 Å². The van der Waals surface area contributed by atoms with E-state index in [1.807, 2.05) is 29.2 Å². The molecule has 8 heteroatoms. The van der Waals surface area contributed by atoms with Gasteiger partial charge in [-0.25, -0.2) is 0 Å². The number of hydrogen-bond donors (Lipinski definition) is 1. The van der Waals surface area contributed by atoms with E-state index < -0.39 is 16.3 Å². The SMILES string of the molecule is CCCCN1C(=O)[C@H](CC2CCCCC2)NC(=O)C12CCN(Cc1ccc(S(C)=O)cc1)CC2.Cl. The molecule has 3 fully saturated rings. The van der Waals surface area contributed by atoms with E-state index >= 15 is 0 Å². The van der Waals surface area contributed by atoms with Crippen molar-refractivity contribution in [1.82, 2.24) is 15.1 Å². The predicted octanol–water partition coefficient (Wildman–Crippen LogP) is 4.28. The fourth-order valence-electron chi connectivity index (χ4n) is 6.06. The van der Waals surface area contributed by atoms with Crippen molar-refractivity contribution in [3.05, 3.63) is 29.8 Å². The first-order chi connectivity index (χ1) is 16.4. The smallest absolute Gasteiger partial charge is 0.246 e. The van der Waals surface area contributed by atoms with Crippen molar-refractivity contribution in [2.45, 2.75) is 94.2 Å². The van der Waals surface area contributed by atoms with E-state index in [0.29, 0.717) is 25.3 Å². The molecule has 1 spiro atoms. The predicted molar refractivity (Wildman–Crippen MR) is 143 cm³/mol. The maximum absolute atomic E-state index is 13.7. The molecular weight excluding hydrogens is 482 g/mol. The number of likely N-dealkylation sites (tertiary alicyclic amines) is 1. The first-order valence-corrected chi connectivity index (χ1v) is 14.8.